The highest BCUT2D eigenvalue weighted by Gasteiger charge is 2.32. The van der Waals surface area contributed by atoms with E-state index in [9.17, 15) is 18.4 Å². The molecule has 1 aromatic heterocycles. The molecule has 2 heterocycles. The predicted molar refractivity (Wildman–Crippen MR) is 115 cm³/mol. The molecule has 0 bridgehead atoms. The minimum Gasteiger partial charge on any atom is -0.466 e. The molecule has 32 heavy (non-hydrogen) atoms. The molecule has 9 heteroatoms. The lowest BCUT2D eigenvalue weighted by Gasteiger charge is -2.24. The first kappa shape index (κ1) is 21.6. The number of thiazole rings is 1. The Balaban J connectivity index is 1.85. The number of aromatic nitrogens is 1. The SMILES string of the molecule is COC(=O)C1=C(C)N=c2s/c(=C/c3ccc(OC(F)F)cc3)c(=O)n2[C@@H]1c1ccccc1. The lowest BCUT2D eigenvalue weighted by atomic mass is 9.96. The van der Waals surface area contributed by atoms with Crippen LogP contribution in [-0.2, 0) is 9.53 Å². The van der Waals surface area contributed by atoms with E-state index in [1.54, 1.807) is 25.1 Å². The molecule has 0 saturated carbocycles. The van der Waals surface area contributed by atoms with Crippen molar-refractivity contribution >= 4 is 23.4 Å². The first-order chi connectivity index (χ1) is 15.4. The number of benzene rings is 2. The Hall–Kier alpha value is -3.59. The number of hydrogen-bond acceptors (Lipinski definition) is 6. The standard InChI is InChI=1S/C23H18F2N2O4S/c1-13-18(21(29)30-2)19(15-6-4-3-5-7-15)27-20(28)17(32-23(27)26-13)12-14-8-10-16(11-9-14)31-22(24)25/h3-12,19,22H,1-2H3/b17-12+/t19-/m1/s1. The molecular formula is C23H18F2N2O4S. The third-order valence-corrected chi connectivity index (χ3v) is 5.93. The van der Waals surface area contributed by atoms with Gasteiger partial charge in [-0.05, 0) is 36.3 Å². The van der Waals surface area contributed by atoms with Gasteiger partial charge in [0.1, 0.15) is 5.75 Å². The summed E-state index contributed by atoms with van der Waals surface area (Å²) >= 11 is 1.19. The van der Waals surface area contributed by atoms with E-state index in [1.807, 2.05) is 30.3 Å². The summed E-state index contributed by atoms with van der Waals surface area (Å²) in [6.45, 7) is -1.20. The molecule has 0 amide bonds. The summed E-state index contributed by atoms with van der Waals surface area (Å²) in [5.41, 5.74) is 1.85. The maximum atomic E-state index is 13.4. The lowest BCUT2D eigenvalue weighted by Crippen LogP contribution is -2.39. The summed E-state index contributed by atoms with van der Waals surface area (Å²) in [4.78, 5) is 30.9. The second-order valence-corrected chi connectivity index (χ2v) is 7.94. The summed E-state index contributed by atoms with van der Waals surface area (Å²) < 4.78 is 35.9. The van der Waals surface area contributed by atoms with Gasteiger partial charge in [-0.2, -0.15) is 8.78 Å². The van der Waals surface area contributed by atoms with Crippen molar-refractivity contribution in [2.45, 2.75) is 19.6 Å². The van der Waals surface area contributed by atoms with Crippen LogP contribution in [0, 0.1) is 0 Å². The van der Waals surface area contributed by atoms with Gasteiger partial charge in [-0.3, -0.25) is 9.36 Å². The van der Waals surface area contributed by atoms with Gasteiger partial charge in [0, 0.05) is 0 Å². The molecule has 3 aromatic rings. The second kappa shape index (κ2) is 8.88. The molecule has 0 fully saturated rings. The van der Waals surface area contributed by atoms with Crippen LogP contribution >= 0.6 is 11.3 Å². The zero-order valence-electron chi connectivity index (χ0n) is 17.1. The number of carbonyl (C=O) groups is 1. The zero-order valence-corrected chi connectivity index (χ0v) is 17.9. The Labute approximate surface area is 185 Å². The van der Waals surface area contributed by atoms with E-state index >= 15 is 0 Å². The Morgan fingerprint density at radius 3 is 2.47 bits per heavy atom. The van der Waals surface area contributed by atoms with Gasteiger partial charge in [0.05, 0.1) is 29.0 Å². The fourth-order valence-electron chi connectivity index (χ4n) is 3.54. The van der Waals surface area contributed by atoms with Gasteiger partial charge >= 0.3 is 12.6 Å². The van der Waals surface area contributed by atoms with Gasteiger partial charge < -0.3 is 9.47 Å². The van der Waals surface area contributed by atoms with Gasteiger partial charge in [-0.1, -0.05) is 53.8 Å². The number of ether oxygens (including phenoxy) is 2. The first-order valence-corrected chi connectivity index (χ1v) is 10.4. The summed E-state index contributed by atoms with van der Waals surface area (Å²) in [5.74, 6) is -0.523. The molecule has 0 spiro atoms. The van der Waals surface area contributed by atoms with E-state index in [0.29, 0.717) is 26.2 Å². The van der Waals surface area contributed by atoms with Gasteiger partial charge in [0.15, 0.2) is 4.80 Å². The molecule has 1 atom stereocenters. The molecule has 4 rings (SSSR count). The Morgan fingerprint density at radius 2 is 1.84 bits per heavy atom. The number of halogens is 2. The van der Waals surface area contributed by atoms with E-state index in [-0.39, 0.29) is 11.3 Å². The van der Waals surface area contributed by atoms with Crippen LogP contribution in [0.25, 0.3) is 6.08 Å². The van der Waals surface area contributed by atoms with Crippen LogP contribution in [0.2, 0.25) is 0 Å². The highest BCUT2D eigenvalue weighted by Crippen LogP contribution is 2.30. The molecule has 1 aliphatic heterocycles. The monoisotopic (exact) mass is 456 g/mol. The van der Waals surface area contributed by atoms with Crippen LogP contribution in [0.4, 0.5) is 8.78 Å². The number of hydrogen-bond donors (Lipinski definition) is 0. The van der Waals surface area contributed by atoms with Crippen LogP contribution in [0.1, 0.15) is 24.1 Å². The minimum atomic E-state index is -2.91. The van der Waals surface area contributed by atoms with Gasteiger partial charge in [0.2, 0.25) is 0 Å². The first-order valence-electron chi connectivity index (χ1n) is 9.59. The van der Waals surface area contributed by atoms with Gasteiger partial charge in [0.25, 0.3) is 5.56 Å². The summed E-state index contributed by atoms with van der Waals surface area (Å²) in [6, 6.07) is 14.5. The Morgan fingerprint density at radius 1 is 1.16 bits per heavy atom. The summed E-state index contributed by atoms with van der Waals surface area (Å²) in [7, 11) is 1.29. The molecule has 1 aliphatic rings. The van der Waals surface area contributed by atoms with Crippen LogP contribution in [0.3, 0.4) is 0 Å². The van der Waals surface area contributed by atoms with E-state index in [0.717, 1.165) is 5.56 Å². The zero-order chi connectivity index (χ0) is 22.8. The number of methoxy groups -OCH3 is 1. The fourth-order valence-corrected chi connectivity index (χ4v) is 4.59. The third kappa shape index (κ3) is 4.11. The normalized spacial score (nSPS) is 16.0. The maximum absolute atomic E-state index is 13.4. The number of carbonyl (C=O) groups excluding carboxylic acids is 1. The predicted octanol–water partition coefficient (Wildman–Crippen LogP) is 3.01. The van der Waals surface area contributed by atoms with Crippen molar-refractivity contribution in [3.63, 3.8) is 0 Å². The number of allylic oxidation sites excluding steroid dienone is 1. The van der Waals surface area contributed by atoms with Crippen molar-refractivity contribution in [3.8, 4) is 5.75 Å². The number of esters is 1. The molecule has 0 N–H and O–H groups in total. The Kier molecular flexibility index (Phi) is 6.00. The fraction of sp³-hybridized carbons (Fsp3) is 0.174. The van der Waals surface area contributed by atoms with E-state index in [4.69, 9.17) is 4.74 Å². The lowest BCUT2D eigenvalue weighted by molar-refractivity contribution is -0.136. The largest absolute Gasteiger partial charge is 0.466 e. The number of rotatable bonds is 5. The Bertz CT molecular complexity index is 1360. The smallest absolute Gasteiger partial charge is 0.387 e. The van der Waals surface area contributed by atoms with Crippen molar-refractivity contribution in [2.24, 2.45) is 4.99 Å². The molecule has 164 valence electrons. The molecule has 2 aromatic carbocycles. The second-order valence-electron chi connectivity index (χ2n) is 6.93. The highest BCUT2D eigenvalue weighted by atomic mass is 32.1. The van der Waals surface area contributed by atoms with E-state index in [1.165, 1.54) is 35.1 Å². The molecule has 0 unspecified atom stereocenters. The molecule has 0 aliphatic carbocycles. The maximum Gasteiger partial charge on any atom is 0.387 e. The number of fused-ring (bicyclic) bond motifs is 1. The highest BCUT2D eigenvalue weighted by molar-refractivity contribution is 7.07. The summed E-state index contributed by atoms with van der Waals surface area (Å²) in [6.07, 6.45) is 1.65. The van der Waals surface area contributed by atoms with Gasteiger partial charge in [-0.25, -0.2) is 9.79 Å². The van der Waals surface area contributed by atoms with E-state index in [2.05, 4.69) is 9.73 Å². The average molecular weight is 456 g/mol. The van der Waals surface area contributed by atoms with Gasteiger partial charge in [-0.15, -0.1) is 0 Å². The average Bonchev–Trinajstić information content (AvgIpc) is 3.08. The topological polar surface area (TPSA) is 69.9 Å². The van der Waals surface area contributed by atoms with Crippen LogP contribution in [-0.4, -0.2) is 24.3 Å². The van der Waals surface area contributed by atoms with Crippen molar-refractivity contribution < 1.29 is 23.0 Å². The molecule has 6 nitrogen and oxygen atoms in total. The molecule has 0 radical (unpaired) electrons. The minimum absolute atomic E-state index is 0.0287. The number of nitrogens with zero attached hydrogens (tertiary/aromatic N) is 2. The summed E-state index contributed by atoms with van der Waals surface area (Å²) in [5, 5.41) is 0. The van der Waals surface area contributed by atoms with Crippen molar-refractivity contribution in [1.29, 1.82) is 0 Å². The van der Waals surface area contributed by atoms with Crippen molar-refractivity contribution in [2.75, 3.05) is 7.11 Å². The quantitative estimate of drug-likeness (QED) is 0.554. The van der Waals surface area contributed by atoms with Crippen molar-refractivity contribution in [1.82, 2.24) is 4.57 Å². The molecular weight excluding hydrogens is 438 g/mol. The number of alkyl halides is 2. The van der Waals surface area contributed by atoms with Crippen LogP contribution < -0.4 is 19.6 Å². The molecule has 0 saturated heterocycles. The van der Waals surface area contributed by atoms with Crippen LogP contribution in [0.5, 0.6) is 5.75 Å². The van der Waals surface area contributed by atoms with Crippen molar-refractivity contribution in [3.05, 3.63) is 96.7 Å². The third-order valence-electron chi connectivity index (χ3n) is 4.95. The van der Waals surface area contributed by atoms with E-state index < -0.39 is 18.6 Å². The van der Waals surface area contributed by atoms with Crippen LogP contribution in [0.15, 0.2) is 75.7 Å².